The van der Waals surface area contributed by atoms with Gasteiger partial charge in [-0.25, -0.2) is 4.57 Å². The lowest BCUT2D eigenvalue weighted by Crippen LogP contribution is -2.54. The van der Waals surface area contributed by atoms with Crippen molar-refractivity contribution in [1.82, 2.24) is 4.90 Å². The Kier molecular flexibility index (Phi) is 36.2. The van der Waals surface area contributed by atoms with Crippen LogP contribution in [0, 0.1) is 22.2 Å². The van der Waals surface area contributed by atoms with Crippen LogP contribution in [-0.2, 0) is 60.9 Å². The first-order chi connectivity index (χ1) is 39.4. The second kappa shape index (κ2) is 39.3. The van der Waals surface area contributed by atoms with Crippen LogP contribution in [0.15, 0.2) is 49.1 Å². The molecule has 2 heterocycles. The van der Waals surface area contributed by atoms with Gasteiger partial charge in [-0.2, -0.15) is 4.57 Å². The molecule has 0 bridgehead atoms. The van der Waals surface area contributed by atoms with Crippen molar-refractivity contribution in [2.45, 2.75) is 198 Å². The summed E-state index contributed by atoms with van der Waals surface area (Å²) in [6.07, 6.45) is 21.5. The number of ether oxygens (including phenoxy) is 5. The summed E-state index contributed by atoms with van der Waals surface area (Å²) >= 11 is 0. The summed E-state index contributed by atoms with van der Waals surface area (Å²) in [5, 5.41) is 9.97. The van der Waals surface area contributed by atoms with Gasteiger partial charge < -0.3 is 42.7 Å². The molecule has 17 heteroatoms. The molecule has 0 saturated heterocycles. The number of carbonyl (C=O) groups excluding carboxylic acids is 5. The quantitative estimate of drug-likeness (QED) is 0.0167. The number of aliphatic hydroxyl groups excluding tert-OH is 1. The summed E-state index contributed by atoms with van der Waals surface area (Å²) in [5.41, 5.74) is -0.192. The van der Waals surface area contributed by atoms with Crippen molar-refractivity contribution in [3.8, 4) is 11.1 Å². The molecule has 0 saturated carbocycles. The Hall–Kier alpha value is -4.55. The third kappa shape index (κ3) is 31.7. The largest absolute Gasteiger partial charge is 0.465 e. The molecule has 0 aliphatic carbocycles. The lowest BCUT2D eigenvalue weighted by molar-refractivity contribution is -1.03. The normalized spacial score (nSPS) is 14.3. The smallest absolute Gasteiger partial charge is 0.313 e. The van der Waals surface area contributed by atoms with E-state index in [-0.39, 0.29) is 63.0 Å². The summed E-state index contributed by atoms with van der Waals surface area (Å²) in [6.45, 7) is 29.9. The molecule has 4 atom stereocenters. The lowest BCUT2D eigenvalue weighted by Gasteiger charge is -2.38. The van der Waals surface area contributed by atoms with Crippen LogP contribution in [0.2, 0.25) is 0 Å². The zero-order valence-electron chi connectivity index (χ0n) is 56.5. The van der Waals surface area contributed by atoms with E-state index in [0.29, 0.717) is 50.2 Å². The highest BCUT2D eigenvalue weighted by molar-refractivity contribution is 5.80. The highest BCUT2D eigenvalue weighted by atomic mass is 16.7. The number of nitrogens with zero attached hydrogens (tertiary/aromatic N) is 6. The number of hydrogen-bond acceptors (Lipinski definition) is 12. The number of pyridine rings is 2. The van der Waals surface area contributed by atoms with Gasteiger partial charge >= 0.3 is 29.8 Å². The number of aromatic nitrogens is 2. The van der Waals surface area contributed by atoms with Gasteiger partial charge in [-0.3, -0.25) is 28.5 Å². The lowest BCUT2D eigenvalue weighted by atomic mass is 9.73. The van der Waals surface area contributed by atoms with Gasteiger partial charge in [0.05, 0.1) is 90.1 Å². The summed E-state index contributed by atoms with van der Waals surface area (Å²) in [7, 11) is 14.9. The Bertz CT molecular complexity index is 2180. The van der Waals surface area contributed by atoms with Gasteiger partial charge in [0, 0.05) is 37.2 Å². The first-order valence-electron chi connectivity index (χ1n) is 32.0. The predicted octanol–water partition coefficient (Wildman–Crippen LogP) is 10.1. The SMILES string of the molecule is CCCCCC[N+](C)(C)CC[N+](C)(CCCCCC)CCC(=O)OCC(O)OC(=O)C(C)(C)CC.CCCCOC(=O)C(CC(C)(C)C(=O)OCCN(C)C)CC(C)(CC)C(=O)OCC[N+](C)(C)C[n+]1ccc(-c2cc[n+](CCC)cc2)cc1. The molecule has 0 aromatic carbocycles. The maximum absolute atomic E-state index is 13.6. The zero-order chi connectivity index (χ0) is 63.6. The number of hydrogen-bond donors (Lipinski definition) is 1. The highest BCUT2D eigenvalue weighted by Gasteiger charge is 2.43. The van der Waals surface area contributed by atoms with Crippen LogP contribution in [0.4, 0.5) is 0 Å². The molecule has 0 fully saturated rings. The molecule has 17 nitrogen and oxygen atoms in total. The molecule has 4 unspecified atom stereocenters. The fourth-order valence-corrected chi connectivity index (χ4v) is 9.58. The molecule has 2 aromatic heterocycles. The number of aryl methyl sites for hydroxylation is 1. The molecule has 0 radical (unpaired) electrons. The van der Waals surface area contributed by atoms with Gasteiger partial charge in [0.1, 0.15) is 39.4 Å². The molecule has 1 N–H and O–H groups in total. The van der Waals surface area contributed by atoms with Crippen molar-refractivity contribution in [3.63, 3.8) is 0 Å². The average molecular weight is 1190 g/mol. The summed E-state index contributed by atoms with van der Waals surface area (Å²) in [6, 6.07) is 8.54. The average Bonchev–Trinajstić information content (AvgIpc) is 3.65. The highest BCUT2D eigenvalue weighted by Crippen LogP contribution is 2.38. The number of carbonyl (C=O) groups is 5. The Morgan fingerprint density at radius 3 is 1.64 bits per heavy atom. The van der Waals surface area contributed by atoms with Gasteiger partial charge in [0.15, 0.2) is 31.4 Å². The number of rotatable bonds is 43. The Morgan fingerprint density at radius 2 is 1.11 bits per heavy atom. The van der Waals surface area contributed by atoms with E-state index in [1.165, 1.54) is 57.1 Å². The third-order valence-electron chi connectivity index (χ3n) is 16.5. The number of unbranched alkanes of at least 4 members (excludes halogenated alkanes) is 7. The van der Waals surface area contributed by atoms with Crippen LogP contribution in [-0.4, -0.2) is 181 Å². The summed E-state index contributed by atoms with van der Waals surface area (Å²) in [4.78, 5) is 66.4. The maximum atomic E-state index is 13.6. The second-order valence-electron chi connectivity index (χ2n) is 27.1. The van der Waals surface area contributed by atoms with E-state index in [1.54, 1.807) is 27.7 Å². The number of likely N-dealkylation sites (N-methyl/N-ethyl adjacent to an activating group) is 4. The zero-order valence-corrected chi connectivity index (χ0v) is 56.5. The molecular weight excluding hydrogens is 1060 g/mol. The maximum Gasteiger partial charge on any atom is 0.313 e. The molecule has 0 aliphatic rings. The van der Waals surface area contributed by atoms with E-state index in [2.05, 4.69) is 114 Å². The van der Waals surface area contributed by atoms with E-state index in [1.807, 2.05) is 46.7 Å². The second-order valence-corrected chi connectivity index (χ2v) is 27.1. The Balaban J connectivity index is 0.000000891. The Morgan fingerprint density at radius 1 is 0.548 bits per heavy atom. The summed E-state index contributed by atoms with van der Waals surface area (Å²) in [5.74, 6) is -2.60. The van der Waals surface area contributed by atoms with Gasteiger partial charge in [-0.15, -0.1) is 0 Å². The molecule has 84 heavy (non-hydrogen) atoms. The van der Waals surface area contributed by atoms with Crippen LogP contribution in [0.25, 0.3) is 11.1 Å². The van der Waals surface area contributed by atoms with Crippen molar-refractivity contribution < 1.29 is 75.3 Å². The fraction of sp³-hybridized carbons (Fsp3) is 0.776. The number of quaternary nitrogens is 3. The van der Waals surface area contributed by atoms with Crippen molar-refractivity contribution in [2.75, 3.05) is 122 Å². The standard InChI is InChI=1S/C39H65N4O6.C28H58N2O5/c1-11-14-26-47-35(44)34(29-38(4,5)36(45)48-27-24-40(7)8)30-39(6,13-3)37(46)49-28-25-43(9,10)31-42-22-17-33(18-23-42)32-15-20-41(19-12-2)21-16-32;1-9-12-14-16-19-29(6,7)22-23-30(8,20-17-15-13-10-2)21-18-25(31)34-24-26(32)35-27(33)28(4,5)11-3/h15-18,20-23,34H,11-14,19,24-31H2,1-10H3;26,32H,9-24H2,1-8H3/q+3;+2. The molecule has 2 rings (SSSR count). The molecule has 482 valence electrons. The molecule has 0 aliphatic heterocycles. The van der Waals surface area contributed by atoms with Crippen LogP contribution in [0.5, 0.6) is 0 Å². The number of aliphatic hydroxyl groups is 1. The van der Waals surface area contributed by atoms with Gasteiger partial charge in [0.2, 0.25) is 6.29 Å². The van der Waals surface area contributed by atoms with Crippen LogP contribution < -0.4 is 9.13 Å². The topological polar surface area (TPSA) is 163 Å². The van der Waals surface area contributed by atoms with E-state index in [9.17, 15) is 29.1 Å². The summed E-state index contributed by atoms with van der Waals surface area (Å²) < 4.78 is 34.1. The van der Waals surface area contributed by atoms with Crippen molar-refractivity contribution in [1.29, 1.82) is 0 Å². The molecule has 2 aromatic rings. The Labute approximate surface area is 510 Å². The van der Waals surface area contributed by atoms with E-state index in [4.69, 9.17) is 23.7 Å². The predicted molar refractivity (Wildman–Crippen MR) is 333 cm³/mol. The van der Waals surface area contributed by atoms with Crippen LogP contribution in [0.3, 0.4) is 0 Å². The van der Waals surface area contributed by atoms with Gasteiger partial charge in [-0.05, 0) is 118 Å². The van der Waals surface area contributed by atoms with Crippen LogP contribution in [0.1, 0.15) is 179 Å². The minimum atomic E-state index is -1.43. The third-order valence-corrected chi connectivity index (χ3v) is 16.5. The van der Waals surface area contributed by atoms with Crippen molar-refractivity contribution in [3.05, 3.63) is 49.1 Å². The van der Waals surface area contributed by atoms with Gasteiger partial charge in [0.25, 0.3) is 6.67 Å². The molecule has 0 amide bonds. The van der Waals surface area contributed by atoms with E-state index < -0.39 is 34.4 Å². The monoisotopic (exact) mass is 1190 g/mol. The van der Waals surface area contributed by atoms with Gasteiger partial charge in [-0.1, -0.05) is 73.6 Å². The first-order valence-corrected chi connectivity index (χ1v) is 32.0. The van der Waals surface area contributed by atoms with Crippen molar-refractivity contribution >= 4 is 29.8 Å². The van der Waals surface area contributed by atoms with E-state index >= 15 is 0 Å². The minimum Gasteiger partial charge on any atom is -0.465 e. The van der Waals surface area contributed by atoms with Crippen LogP contribution >= 0.6 is 0 Å². The van der Waals surface area contributed by atoms with Crippen molar-refractivity contribution in [2.24, 2.45) is 22.2 Å². The molecule has 0 spiro atoms. The van der Waals surface area contributed by atoms with E-state index in [0.717, 1.165) is 66.4 Å². The fourth-order valence-electron chi connectivity index (χ4n) is 9.58. The number of esters is 5. The first kappa shape index (κ1) is 77.5. The minimum absolute atomic E-state index is 0.213. The molecular formula is C67H123N6O11+5.